The van der Waals surface area contributed by atoms with E-state index in [2.05, 4.69) is 31.0 Å². The molecule has 2 rings (SSSR count). The second kappa shape index (κ2) is 6.19. The average molecular weight is 238 g/mol. The lowest BCUT2D eigenvalue weighted by atomic mass is 9.86. The van der Waals surface area contributed by atoms with E-state index in [1.165, 1.54) is 51.9 Å². The van der Waals surface area contributed by atoms with Gasteiger partial charge in [-0.15, -0.1) is 0 Å². The molecule has 0 saturated carbocycles. The molecule has 0 aliphatic carbocycles. The van der Waals surface area contributed by atoms with Gasteiger partial charge >= 0.3 is 0 Å². The molecule has 2 nitrogen and oxygen atoms in total. The number of hydrogen-bond acceptors (Lipinski definition) is 2. The molecule has 2 saturated heterocycles. The van der Waals surface area contributed by atoms with Gasteiger partial charge in [-0.25, -0.2) is 0 Å². The van der Waals surface area contributed by atoms with Crippen LogP contribution in [0.4, 0.5) is 0 Å². The lowest BCUT2D eigenvalue weighted by Crippen LogP contribution is -2.46. The fraction of sp³-hybridized carbons (Fsp3) is 1.00. The van der Waals surface area contributed by atoms with Crippen LogP contribution < -0.4 is 5.32 Å². The van der Waals surface area contributed by atoms with E-state index in [-0.39, 0.29) is 0 Å². The Labute approximate surface area is 107 Å². The van der Waals surface area contributed by atoms with Gasteiger partial charge in [-0.3, -0.25) is 0 Å². The first-order valence-corrected chi connectivity index (χ1v) is 7.61. The molecule has 2 heteroatoms. The minimum atomic E-state index is 0.799. The molecule has 4 unspecified atom stereocenters. The molecule has 0 aromatic carbocycles. The Morgan fingerprint density at radius 2 is 2.06 bits per heavy atom. The summed E-state index contributed by atoms with van der Waals surface area (Å²) >= 11 is 0. The van der Waals surface area contributed by atoms with Crippen molar-refractivity contribution in [3.8, 4) is 0 Å². The molecule has 2 fully saturated rings. The summed E-state index contributed by atoms with van der Waals surface area (Å²) in [5, 5.41) is 3.47. The van der Waals surface area contributed by atoms with E-state index in [0.29, 0.717) is 0 Å². The molecule has 2 heterocycles. The largest absolute Gasteiger partial charge is 0.316 e. The van der Waals surface area contributed by atoms with E-state index < -0.39 is 0 Å². The molecule has 1 N–H and O–H groups in total. The molecule has 17 heavy (non-hydrogen) atoms. The standard InChI is InChI=1S/C15H30N2/c1-12-9-13(2)14(3)17(11-12)8-4-5-15-6-7-16-10-15/h12-16H,4-11H2,1-3H3. The Morgan fingerprint density at radius 1 is 1.24 bits per heavy atom. The topological polar surface area (TPSA) is 15.3 Å². The van der Waals surface area contributed by atoms with Crippen LogP contribution in [-0.2, 0) is 0 Å². The number of likely N-dealkylation sites (tertiary alicyclic amines) is 1. The molecule has 4 atom stereocenters. The van der Waals surface area contributed by atoms with E-state index >= 15 is 0 Å². The number of nitrogens with one attached hydrogen (secondary N) is 1. The summed E-state index contributed by atoms with van der Waals surface area (Å²) in [5.74, 6) is 2.74. The van der Waals surface area contributed by atoms with Crippen LogP contribution in [0.2, 0.25) is 0 Å². The molecule has 0 spiro atoms. The zero-order valence-electron chi connectivity index (χ0n) is 11.9. The zero-order valence-corrected chi connectivity index (χ0v) is 11.9. The first-order valence-electron chi connectivity index (χ1n) is 7.61. The quantitative estimate of drug-likeness (QED) is 0.810. The van der Waals surface area contributed by atoms with Crippen LogP contribution in [0.5, 0.6) is 0 Å². The van der Waals surface area contributed by atoms with Gasteiger partial charge in [0.2, 0.25) is 0 Å². The number of hydrogen-bond donors (Lipinski definition) is 1. The molecule has 2 aliphatic heterocycles. The molecule has 2 aliphatic rings. The maximum absolute atomic E-state index is 3.47. The van der Waals surface area contributed by atoms with Crippen LogP contribution in [0.25, 0.3) is 0 Å². The summed E-state index contributed by atoms with van der Waals surface area (Å²) in [4.78, 5) is 2.74. The minimum absolute atomic E-state index is 0.799. The van der Waals surface area contributed by atoms with Crippen LogP contribution in [0, 0.1) is 17.8 Å². The molecule has 0 aromatic rings. The summed E-state index contributed by atoms with van der Waals surface area (Å²) in [7, 11) is 0. The van der Waals surface area contributed by atoms with Crippen LogP contribution in [0.15, 0.2) is 0 Å². The average Bonchev–Trinajstić information content (AvgIpc) is 2.78. The summed E-state index contributed by atoms with van der Waals surface area (Å²) < 4.78 is 0. The van der Waals surface area contributed by atoms with E-state index in [9.17, 15) is 0 Å². The SMILES string of the molecule is CC1CC(C)C(C)N(CCCC2CCNC2)C1. The Bertz CT molecular complexity index is 223. The van der Waals surface area contributed by atoms with Crippen LogP contribution in [0.1, 0.15) is 46.5 Å². The molecular formula is C15H30N2. The maximum Gasteiger partial charge on any atom is 0.00927 e. The van der Waals surface area contributed by atoms with Crippen LogP contribution >= 0.6 is 0 Å². The zero-order chi connectivity index (χ0) is 12.3. The third-order valence-corrected chi connectivity index (χ3v) is 4.94. The summed E-state index contributed by atoms with van der Waals surface area (Å²) in [6.45, 7) is 12.4. The molecule has 0 amide bonds. The highest BCUT2D eigenvalue weighted by atomic mass is 15.2. The fourth-order valence-corrected chi connectivity index (χ4v) is 3.67. The van der Waals surface area contributed by atoms with Gasteiger partial charge < -0.3 is 10.2 Å². The maximum atomic E-state index is 3.47. The van der Waals surface area contributed by atoms with Gasteiger partial charge in [0, 0.05) is 12.6 Å². The van der Waals surface area contributed by atoms with Gasteiger partial charge in [-0.2, -0.15) is 0 Å². The number of rotatable bonds is 4. The van der Waals surface area contributed by atoms with Gasteiger partial charge in [0.1, 0.15) is 0 Å². The molecule has 0 radical (unpaired) electrons. The Hall–Kier alpha value is -0.0800. The van der Waals surface area contributed by atoms with Crippen molar-refractivity contribution in [3.63, 3.8) is 0 Å². The third-order valence-electron chi connectivity index (χ3n) is 4.94. The van der Waals surface area contributed by atoms with Crippen molar-refractivity contribution in [1.29, 1.82) is 0 Å². The van der Waals surface area contributed by atoms with Crippen LogP contribution in [-0.4, -0.2) is 37.1 Å². The number of nitrogens with zero attached hydrogens (tertiary/aromatic N) is 1. The monoisotopic (exact) mass is 238 g/mol. The normalized spacial score (nSPS) is 39.7. The van der Waals surface area contributed by atoms with Gasteiger partial charge in [0.05, 0.1) is 0 Å². The summed E-state index contributed by atoms with van der Waals surface area (Å²) in [6, 6.07) is 0.799. The second-order valence-corrected chi connectivity index (χ2v) is 6.55. The summed E-state index contributed by atoms with van der Waals surface area (Å²) in [5.41, 5.74) is 0. The summed E-state index contributed by atoms with van der Waals surface area (Å²) in [6.07, 6.45) is 5.65. The van der Waals surface area contributed by atoms with Crippen molar-refractivity contribution in [2.75, 3.05) is 26.2 Å². The first kappa shape index (κ1) is 13.4. The highest BCUT2D eigenvalue weighted by Crippen LogP contribution is 2.27. The minimum Gasteiger partial charge on any atom is -0.316 e. The van der Waals surface area contributed by atoms with Crippen molar-refractivity contribution in [3.05, 3.63) is 0 Å². The lowest BCUT2D eigenvalue weighted by molar-refractivity contribution is 0.0772. The van der Waals surface area contributed by atoms with Gasteiger partial charge in [0.15, 0.2) is 0 Å². The highest BCUT2D eigenvalue weighted by molar-refractivity contribution is 4.82. The van der Waals surface area contributed by atoms with E-state index in [0.717, 1.165) is 23.8 Å². The first-order chi connectivity index (χ1) is 8.16. The van der Waals surface area contributed by atoms with Crippen molar-refractivity contribution >= 4 is 0 Å². The van der Waals surface area contributed by atoms with Crippen molar-refractivity contribution < 1.29 is 0 Å². The lowest BCUT2D eigenvalue weighted by Gasteiger charge is -2.41. The van der Waals surface area contributed by atoms with E-state index in [1.807, 2.05) is 0 Å². The van der Waals surface area contributed by atoms with Gasteiger partial charge in [-0.05, 0) is 70.0 Å². The highest BCUT2D eigenvalue weighted by Gasteiger charge is 2.28. The number of piperidine rings is 1. The van der Waals surface area contributed by atoms with Crippen LogP contribution in [0.3, 0.4) is 0 Å². The Kier molecular flexibility index (Phi) is 4.87. The smallest absolute Gasteiger partial charge is 0.00927 e. The predicted molar refractivity (Wildman–Crippen MR) is 74.2 cm³/mol. The molecule has 0 aromatic heterocycles. The van der Waals surface area contributed by atoms with Gasteiger partial charge in [0.25, 0.3) is 0 Å². The Morgan fingerprint density at radius 3 is 2.76 bits per heavy atom. The third kappa shape index (κ3) is 3.69. The second-order valence-electron chi connectivity index (χ2n) is 6.55. The van der Waals surface area contributed by atoms with E-state index in [1.54, 1.807) is 0 Å². The van der Waals surface area contributed by atoms with Crippen molar-refractivity contribution in [2.24, 2.45) is 17.8 Å². The van der Waals surface area contributed by atoms with Crippen molar-refractivity contribution in [2.45, 2.75) is 52.5 Å². The molecular weight excluding hydrogens is 208 g/mol. The molecule has 0 bridgehead atoms. The predicted octanol–water partition coefficient (Wildman–Crippen LogP) is 2.74. The van der Waals surface area contributed by atoms with Gasteiger partial charge in [-0.1, -0.05) is 13.8 Å². The fourth-order valence-electron chi connectivity index (χ4n) is 3.67. The van der Waals surface area contributed by atoms with E-state index in [4.69, 9.17) is 0 Å². The Balaban J connectivity index is 1.69. The molecule has 100 valence electrons. The van der Waals surface area contributed by atoms with Crippen molar-refractivity contribution in [1.82, 2.24) is 10.2 Å².